The second kappa shape index (κ2) is 5.83. The van der Waals surface area contributed by atoms with Crippen LogP contribution in [0.3, 0.4) is 0 Å². The van der Waals surface area contributed by atoms with Crippen molar-refractivity contribution in [2.24, 2.45) is 0 Å². The highest BCUT2D eigenvalue weighted by Gasteiger charge is 2.25. The molecule has 100 valence electrons. The molecule has 18 heavy (non-hydrogen) atoms. The average molecular weight is 309 g/mol. The molecular formula is C12H16Cl3N3. The number of nitrogens with one attached hydrogen (secondary N) is 1. The van der Waals surface area contributed by atoms with E-state index in [1.165, 1.54) is 6.42 Å². The maximum absolute atomic E-state index is 6.12. The monoisotopic (exact) mass is 307 g/mol. The maximum atomic E-state index is 6.12. The van der Waals surface area contributed by atoms with Gasteiger partial charge in [0, 0.05) is 12.1 Å². The Bertz CT molecular complexity index is 429. The van der Waals surface area contributed by atoms with Gasteiger partial charge in [-0.25, -0.2) is 9.99 Å². The number of halogens is 3. The molecule has 1 fully saturated rings. The number of piperidine rings is 1. The maximum Gasteiger partial charge on any atom is 0.161 e. The number of nitrogens with zero attached hydrogens (tertiary/aromatic N) is 2. The zero-order valence-electron chi connectivity index (χ0n) is 10.4. The number of pyridine rings is 1. The smallest absolute Gasteiger partial charge is 0.161 e. The first-order valence-electron chi connectivity index (χ1n) is 6.05. The highest BCUT2D eigenvalue weighted by molar-refractivity contribution is 6.42. The fourth-order valence-corrected chi connectivity index (χ4v) is 2.83. The van der Waals surface area contributed by atoms with E-state index >= 15 is 0 Å². The van der Waals surface area contributed by atoms with Crippen molar-refractivity contribution in [2.75, 3.05) is 5.43 Å². The van der Waals surface area contributed by atoms with Crippen LogP contribution in [0.4, 0.5) is 5.82 Å². The van der Waals surface area contributed by atoms with Gasteiger partial charge in [-0.05, 0) is 32.8 Å². The van der Waals surface area contributed by atoms with E-state index in [9.17, 15) is 0 Å². The molecule has 3 nitrogen and oxygen atoms in total. The van der Waals surface area contributed by atoms with Gasteiger partial charge in [-0.3, -0.25) is 0 Å². The summed E-state index contributed by atoms with van der Waals surface area (Å²) in [5.41, 5.74) is 3.26. The third kappa shape index (κ3) is 3.02. The molecule has 0 bridgehead atoms. The summed E-state index contributed by atoms with van der Waals surface area (Å²) in [6.45, 7) is 4.38. The van der Waals surface area contributed by atoms with Crippen LogP contribution in [0.2, 0.25) is 15.2 Å². The first kappa shape index (κ1) is 14.2. The summed E-state index contributed by atoms with van der Waals surface area (Å²) < 4.78 is 0. The van der Waals surface area contributed by atoms with Gasteiger partial charge in [0.05, 0.1) is 10.0 Å². The Morgan fingerprint density at radius 3 is 2.39 bits per heavy atom. The van der Waals surface area contributed by atoms with E-state index in [1.807, 2.05) is 0 Å². The highest BCUT2D eigenvalue weighted by Crippen LogP contribution is 2.31. The van der Waals surface area contributed by atoms with Crippen molar-refractivity contribution in [3.63, 3.8) is 0 Å². The zero-order valence-corrected chi connectivity index (χ0v) is 12.6. The van der Waals surface area contributed by atoms with Gasteiger partial charge < -0.3 is 5.43 Å². The van der Waals surface area contributed by atoms with E-state index in [4.69, 9.17) is 34.8 Å². The molecule has 1 aromatic heterocycles. The Balaban J connectivity index is 2.20. The molecule has 2 atom stereocenters. The lowest BCUT2D eigenvalue weighted by Crippen LogP contribution is -2.47. The second-order valence-electron chi connectivity index (χ2n) is 4.74. The van der Waals surface area contributed by atoms with Crippen molar-refractivity contribution in [3.05, 3.63) is 21.3 Å². The molecule has 2 heterocycles. The van der Waals surface area contributed by atoms with Crippen molar-refractivity contribution in [3.8, 4) is 0 Å². The van der Waals surface area contributed by atoms with E-state index in [2.05, 4.69) is 29.3 Å². The molecule has 2 rings (SSSR count). The third-order valence-corrected chi connectivity index (χ3v) is 4.28. The minimum atomic E-state index is 0.265. The number of rotatable bonds is 2. The molecule has 0 aromatic carbocycles. The van der Waals surface area contributed by atoms with E-state index in [1.54, 1.807) is 6.07 Å². The van der Waals surface area contributed by atoms with Crippen LogP contribution in [0.15, 0.2) is 6.07 Å². The Morgan fingerprint density at radius 2 is 1.78 bits per heavy atom. The Morgan fingerprint density at radius 1 is 1.17 bits per heavy atom. The SMILES string of the molecule is CC1CCCC(C)N1Nc1nc(Cl)c(Cl)cc1Cl. The van der Waals surface area contributed by atoms with Crippen LogP contribution in [0.25, 0.3) is 0 Å². The summed E-state index contributed by atoms with van der Waals surface area (Å²) in [5, 5.41) is 3.30. The average Bonchev–Trinajstić information content (AvgIpc) is 2.30. The van der Waals surface area contributed by atoms with Crippen LogP contribution in [0, 0.1) is 0 Å². The topological polar surface area (TPSA) is 28.2 Å². The normalized spacial score (nSPS) is 25.2. The van der Waals surface area contributed by atoms with E-state index < -0.39 is 0 Å². The fraction of sp³-hybridized carbons (Fsp3) is 0.583. The molecule has 1 aliphatic heterocycles. The van der Waals surface area contributed by atoms with Gasteiger partial charge in [-0.1, -0.05) is 41.2 Å². The number of anilines is 1. The molecule has 6 heteroatoms. The number of hydrogen-bond donors (Lipinski definition) is 1. The summed E-state index contributed by atoms with van der Waals surface area (Å²) in [7, 11) is 0. The standard InChI is InChI=1S/C12H16Cl3N3/c1-7-4-3-5-8(2)18(7)17-12-10(14)6-9(13)11(15)16-12/h6-8H,3-5H2,1-2H3,(H,16,17). The minimum absolute atomic E-state index is 0.265. The van der Waals surface area contributed by atoms with Gasteiger partial charge in [-0.2, -0.15) is 0 Å². The molecule has 0 amide bonds. The van der Waals surface area contributed by atoms with Crippen molar-refractivity contribution in [2.45, 2.75) is 45.2 Å². The van der Waals surface area contributed by atoms with E-state index in [0.29, 0.717) is 27.9 Å². The minimum Gasteiger partial charge on any atom is -0.301 e. The van der Waals surface area contributed by atoms with E-state index in [-0.39, 0.29) is 5.15 Å². The van der Waals surface area contributed by atoms with Gasteiger partial charge in [-0.15, -0.1) is 0 Å². The molecule has 0 aliphatic carbocycles. The Labute approximate surface area is 122 Å². The van der Waals surface area contributed by atoms with Gasteiger partial charge in [0.2, 0.25) is 0 Å². The van der Waals surface area contributed by atoms with E-state index in [0.717, 1.165) is 12.8 Å². The first-order chi connectivity index (χ1) is 8.49. The number of hydrogen-bond acceptors (Lipinski definition) is 3. The second-order valence-corrected chi connectivity index (χ2v) is 5.91. The zero-order chi connectivity index (χ0) is 13.3. The lowest BCUT2D eigenvalue weighted by molar-refractivity contribution is 0.135. The summed E-state index contributed by atoms with van der Waals surface area (Å²) in [6, 6.07) is 2.50. The van der Waals surface area contributed by atoms with Crippen LogP contribution >= 0.6 is 34.8 Å². The Hall–Kier alpha value is -0.220. The van der Waals surface area contributed by atoms with Crippen LogP contribution < -0.4 is 5.43 Å². The molecular weight excluding hydrogens is 293 g/mol. The number of aromatic nitrogens is 1. The molecule has 1 aliphatic rings. The largest absolute Gasteiger partial charge is 0.301 e. The molecule has 1 N–H and O–H groups in total. The van der Waals surface area contributed by atoms with Crippen LogP contribution in [0.5, 0.6) is 0 Å². The molecule has 2 unspecified atom stereocenters. The summed E-state index contributed by atoms with van der Waals surface area (Å²) in [5.74, 6) is 0.562. The first-order valence-corrected chi connectivity index (χ1v) is 7.19. The van der Waals surface area contributed by atoms with Gasteiger partial charge >= 0.3 is 0 Å². The lowest BCUT2D eigenvalue weighted by atomic mass is 10.00. The van der Waals surface area contributed by atoms with Crippen LogP contribution in [0.1, 0.15) is 33.1 Å². The molecule has 1 saturated heterocycles. The summed E-state index contributed by atoms with van der Waals surface area (Å²) in [6.07, 6.45) is 3.58. The highest BCUT2D eigenvalue weighted by atomic mass is 35.5. The Kier molecular flexibility index (Phi) is 4.59. The van der Waals surface area contributed by atoms with Crippen molar-refractivity contribution >= 4 is 40.6 Å². The predicted octanol–water partition coefficient (Wildman–Crippen LogP) is 4.63. The molecule has 0 radical (unpaired) electrons. The number of hydrazine groups is 1. The van der Waals surface area contributed by atoms with Crippen LogP contribution in [-0.2, 0) is 0 Å². The summed E-state index contributed by atoms with van der Waals surface area (Å²) >= 11 is 17.9. The van der Waals surface area contributed by atoms with Gasteiger partial charge in [0.25, 0.3) is 0 Å². The van der Waals surface area contributed by atoms with Gasteiger partial charge in [0.15, 0.2) is 5.82 Å². The third-order valence-electron chi connectivity index (χ3n) is 3.32. The van der Waals surface area contributed by atoms with Crippen molar-refractivity contribution < 1.29 is 0 Å². The quantitative estimate of drug-likeness (QED) is 0.807. The molecule has 0 saturated carbocycles. The molecule has 1 aromatic rings. The predicted molar refractivity (Wildman–Crippen MR) is 77.5 cm³/mol. The van der Waals surface area contributed by atoms with Crippen molar-refractivity contribution in [1.29, 1.82) is 0 Å². The fourth-order valence-electron chi connectivity index (χ4n) is 2.29. The molecule has 0 spiro atoms. The van der Waals surface area contributed by atoms with Crippen molar-refractivity contribution in [1.82, 2.24) is 9.99 Å². The lowest BCUT2D eigenvalue weighted by Gasteiger charge is -2.39. The van der Waals surface area contributed by atoms with Crippen LogP contribution in [-0.4, -0.2) is 22.1 Å². The van der Waals surface area contributed by atoms with Gasteiger partial charge in [0.1, 0.15) is 5.15 Å². The summed E-state index contributed by atoms with van der Waals surface area (Å²) in [4.78, 5) is 4.18.